The maximum atomic E-state index is 11.7. The minimum Gasteiger partial charge on any atom is -0.356 e. The Hall–Kier alpha value is -1.31. The summed E-state index contributed by atoms with van der Waals surface area (Å²) in [4.78, 5) is 11.7. The Morgan fingerprint density at radius 3 is 2.15 bits per heavy atom. The third kappa shape index (κ3) is 8.73. The number of unbranched alkanes of at least 4 members (excludes halogenated alkanes) is 7. The molecule has 1 amide bonds. The summed E-state index contributed by atoms with van der Waals surface area (Å²) in [6.45, 7) is 3.07. The lowest BCUT2D eigenvalue weighted by Gasteiger charge is -2.05. The van der Waals surface area contributed by atoms with Crippen LogP contribution in [0.5, 0.6) is 0 Å². The molecular formula is C18H29NO. The van der Waals surface area contributed by atoms with Crippen LogP contribution in [0.1, 0.15) is 63.9 Å². The van der Waals surface area contributed by atoms with E-state index in [0.717, 1.165) is 18.5 Å². The fourth-order valence-electron chi connectivity index (χ4n) is 2.33. The highest BCUT2D eigenvalue weighted by Crippen LogP contribution is 2.08. The molecule has 0 radical (unpaired) electrons. The largest absolute Gasteiger partial charge is 0.356 e. The number of benzene rings is 1. The molecule has 112 valence electrons. The Morgan fingerprint density at radius 1 is 0.900 bits per heavy atom. The van der Waals surface area contributed by atoms with Crippen molar-refractivity contribution in [1.82, 2.24) is 5.32 Å². The van der Waals surface area contributed by atoms with E-state index in [2.05, 4.69) is 12.2 Å². The molecule has 2 heteroatoms. The minimum absolute atomic E-state index is 0.138. The van der Waals surface area contributed by atoms with Crippen LogP contribution in [0.25, 0.3) is 0 Å². The van der Waals surface area contributed by atoms with E-state index in [0.29, 0.717) is 6.42 Å². The molecule has 0 aliphatic heterocycles. The normalized spacial score (nSPS) is 10.4. The summed E-state index contributed by atoms with van der Waals surface area (Å²) in [5.41, 5.74) is 1.08. The molecule has 0 aliphatic carbocycles. The Kier molecular flexibility index (Phi) is 9.64. The minimum atomic E-state index is 0.138. The quantitative estimate of drug-likeness (QED) is 0.592. The van der Waals surface area contributed by atoms with Crippen LogP contribution in [-0.4, -0.2) is 12.5 Å². The summed E-state index contributed by atoms with van der Waals surface area (Å²) < 4.78 is 0. The first-order chi connectivity index (χ1) is 9.83. The van der Waals surface area contributed by atoms with Crippen molar-refractivity contribution in [1.29, 1.82) is 0 Å². The van der Waals surface area contributed by atoms with Crippen LogP contribution in [0.15, 0.2) is 30.3 Å². The lowest BCUT2D eigenvalue weighted by Crippen LogP contribution is -2.26. The van der Waals surface area contributed by atoms with Crippen LogP contribution in [0.4, 0.5) is 0 Å². The van der Waals surface area contributed by atoms with Gasteiger partial charge in [-0.15, -0.1) is 0 Å². The van der Waals surface area contributed by atoms with Crippen molar-refractivity contribution in [2.24, 2.45) is 0 Å². The predicted octanol–water partition coefficient (Wildman–Crippen LogP) is 4.49. The molecule has 0 spiro atoms. The molecule has 0 aromatic heterocycles. The van der Waals surface area contributed by atoms with E-state index in [-0.39, 0.29) is 5.91 Å². The van der Waals surface area contributed by atoms with Gasteiger partial charge in [0.15, 0.2) is 0 Å². The van der Waals surface area contributed by atoms with Gasteiger partial charge in [0.1, 0.15) is 0 Å². The molecule has 0 atom stereocenters. The molecular weight excluding hydrogens is 246 g/mol. The SMILES string of the molecule is CCCCCCCCCCNC(=O)Cc1ccccc1. The number of carbonyl (C=O) groups is 1. The fourth-order valence-corrected chi connectivity index (χ4v) is 2.33. The second-order valence-electron chi connectivity index (χ2n) is 5.49. The van der Waals surface area contributed by atoms with E-state index in [1.807, 2.05) is 30.3 Å². The van der Waals surface area contributed by atoms with Gasteiger partial charge in [0.2, 0.25) is 5.91 Å². The van der Waals surface area contributed by atoms with Crippen molar-refractivity contribution in [3.8, 4) is 0 Å². The second kappa shape index (κ2) is 11.5. The number of hydrogen-bond donors (Lipinski definition) is 1. The molecule has 0 unspecified atom stereocenters. The first-order valence-electron chi connectivity index (χ1n) is 8.13. The molecule has 1 aromatic rings. The van der Waals surface area contributed by atoms with Crippen LogP contribution in [0.3, 0.4) is 0 Å². The molecule has 1 rings (SSSR count). The van der Waals surface area contributed by atoms with E-state index >= 15 is 0 Å². The van der Waals surface area contributed by atoms with Crippen molar-refractivity contribution in [3.63, 3.8) is 0 Å². The van der Waals surface area contributed by atoms with E-state index in [1.54, 1.807) is 0 Å². The molecule has 1 aromatic carbocycles. The second-order valence-corrected chi connectivity index (χ2v) is 5.49. The fraction of sp³-hybridized carbons (Fsp3) is 0.611. The van der Waals surface area contributed by atoms with Gasteiger partial charge in [-0.2, -0.15) is 0 Å². The van der Waals surface area contributed by atoms with Gasteiger partial charge in [0.05, 0.1) is 6.42 Å². The average Bonchev–Trinajstić information content (AvgIpc) is 2.46. The van der Waals surface area contributed by atoms with Gasteiger partial charge >= 0.3 is 0 Å². The lowest BCUT2D eigenvalue weighted by atomic mass is 10.1. The van der Waals surface area contributed by atoms with Crippen LogP contribution < -0.4 is 5.32 Å². The number of carbonyl (C=O) groups excluding carboxylic acids is 1. The van der Waals surface area contributed by atoms with Crippen molar-refractivity contribution in [2.45, 2.75) is 64.7 Å². The summed E-state index contributed by atoms with van der Waals surface area (Å²) in [6.07, 6.45) is 10.9. The van der Waals surface area contributed by atoms with Crippen molar-refractivity contribution < 1.29 is 4.79 Å². The molecule has 20 heavy (non-hydrogen) atoms. The van der Waals surface area contributed by atoms with Gasteiger partial charge in [0.25, 0.3) is 0 Å². The van der Waals surface area contributed by atoms with Gasteiger partial charge in [-0.3, -0.25) is 4.79 Å². The molecule has 0 heterocycles. The highest BCUT2D eigenvalue weighted by atomic mass is 16.1. The van der Waals surface area contributed by atoms with Gasteiger partial charge < -0.3 is 5.32 Å². The van der Waals surface area contributed by atoms with E-state index < -0.39 is 0 Å². The van der Waals surface area contributed by atoms with Crippen LogP contribution in [0, 0.1) is 0 Å². The first kappa shape index (κ1) is 16.7. The Bertz CT molecular complexity index is 348. The summed E-state index contributed by atoms with van der Waals surface area (Å²) in [7, 11) is 0. The zero-order chi connectivity index (χ0) is 14.5. The number of amides is 1. The summed E-state index contributed by atoms with van der Waals surface area (Å²) in [5.74, 6) is 0.138. The molecule has 2 nitrogen and oxygen atoms in total. The smallest absolute Gasteiger partial charge is 0.224 e. The average molecular weight is 275 g/mol. The third-order valence-corrected chi connectivity index (χ3v) is 3.56. The van der Waals surface area contributed by atoms with Crippen molar-refractivity contribution in [3.05, 3.63) is 35.9 Å². The maximum absolute atomic E-state index is 11.7. The van der Waals surface area contributed by atoms with E-state index in [1.165, 1.54) is 44.9 Å². The molecule has 0 fully saturated rings. The molecule has 1 N–H and O–H groups in total. The Balaban J connectivity index is 1.92. The van der Waals surface area contributed by atoms with Crippen LogP contribution in [0.2, 0.25) is 0 Å². The topological polar surface area (TPSA) is 29.1 Å². The Morgan fingerprint density at radius 2 is 1.50 bits per heavy atom. The van der Waals surface area contributed by atoms with Gasteiger partial charge in [-0.25, -0.2) is 0 Å². The van der Waals surface area contributed by atoms with Crippen LogP contribution in [-0.2, 0) is 11.2 Å². The van der Waals surface area contributed by atoms with Gasteiger partial charge in [-0.1, -0.05) is 82.2 Å². The zero-order valence-electron chi connectivity index (χ0n) is 12.9. The zero-order valence-corrected chi connectivity index (χ0v) is 12.9. The summed E-state index contributed by atoms with van der Waals surface area (Å²) in [6, 6.07) is 9.91. The van der Waals surface area contributed by atoms with E-state index in [4.69, 9.17) is 0 Å². The maximum Gasteiger partial charge on any atom is 0.224 e. The van der Waals surface area contributed by atoms with E-state index in [9.17, 15) is 4.79 Å². The molecule has 0 saturated heterocycles. The summed E-state index contributed by atoms with van der Waals surface area (Å²) >= 11 is 0. The predicted molar refractivity (Wildman–Crippen MR) is 85.8 cm³/mol. The monoisotopic (exact) mass is 275 g/mol. The Labute approximate surface area is 124 Å². The van der Waals surface area contributed by atoms with Gasteiger partial charge in [0, 0.05) is 6.54 Å². The highest BCUT2D eigenvalue weighted by molar-refractivity contribution is 5.78. The molecule has 0 bridgehead atoms. The number of hydrogen-bond acceptors (Lipinski definition) is 1. The van der Waals surface area contributed by atoms with Gasteiger partial charge in [-0.05, 0) is 12.0 Å². The molecule has 0 saturated carbocycles. The van der Waals surface area contributed by atoms with Crippen molar-refractivity contribution in [2.75, 3.05) is 6.54 Å². The number of rotatable bonds is 11. The first-order valence-corrected chi connectivity index (χ1v) is 8.13. The highest BCUT2D eigenvalue weighted by Gasteiger charge is 2.01. The van der Waals surface area contributed by atoms with Crippen LogP contribution >= 0.6 is 0 Å². The third-order valence-electron chi connectivity index (χ3n) is 3.56. The van der Waals surface area contributed by atoms with Crippen molar-refractivity contribution >= 4 is 5.91 Å². The number of nitrogens with one attached hydrogen (secondary N) is 1. The summed E-state index contributed by atoms with van der Waals surface area (Å²) in [5, 5.41) is 3.00. The lowest BCUT2D eigenvalue weighted by molar-refractivity contribution is -0.120. The standard InChI is InChI=1S/C18H29NO/c1-2-3-4-5-6-7-8-12-15-19-18(20)16-17-13-10-9-11-14-17/h9-11,13-14H,2-8,12,15-16H2,1H3,(H,19,20). The molecule has 0 aliphatic rings.